The monoisotopic (exact) mass is 287 g/mol. The average Bonchev–Trinajstić information content (AvgIpc) is 2.44. The van der Waals surface area contributed by atoms with Crippen molar-refractivity contribution < 1.29 is 9.59 Å². The van der Waals surface area contributed by atoms with Gasteiger partial charge in [-0.1, -0.05) is 17.9 Å². The van der Waals surface area contributed by atoms with Crippen molar-refractivity contribution >= 4 is 11.8 Å². The molecule has 0 aliphatic rings. The minimum absolute atomic E-state index is 0.171. The van der Waals surface area contributed by atoms with Gasteiger partial charge < -0.3 is 16.8 Å². The van der Waals surface area contributed by atoms with Crippen LogP contribution in [0.2, 0.25) is 0 Å². The van der Waals surface area contributed by atoms with Crippen LogP contribution >= 0.6 is 0 Å². The van der Waals surface area contributed by atoms with Crippen LogP contribution in [-0.4, -0.2) is 24.9 Å². The van der Waals surface area contributed by atoms with Gasteiger partial charge in [0.05, 0.1) is 12.1 Å². The van der Waals surface area contributed by atoms with Crippen molar-refractivity contribution in [2.45, 2.75) is 26.2 Å². The smallest absolute Gasteiger partial charge is 0.252 e. The Kier molecular flexibility index (Phi) is 6.99. The largest absolute Gasteiger partial charge is 0.370 e. The molecule has 0 aliphatic carbocycles. The van der Waals surface area contributed by atoms with Crippen LogP contribution in [0.4, 0.5) is 0 Å². The minimum Gasteiger partial charge on any atom is -0.370 e. The first-order valence-electron chi connectivity index (χ1n) is 6.90. The van der Waals surface area contributed by atoms with Crippen LogP contribution in [0.25, 0.3) is 0 Å². The lowest BCUT2D eigenvalue weighted by molar-refractivity contribution is -0.118. The lowest BCUT2D eigenvalue weighted by Gasteiger charge is -2.07. The molecule has 112 valence electrons. The third-order valence-electron chi connectivity index (χ3n) is 2.88. The quantitative estimate of drug-likeness (QED) is 0.530. The lowest BCUT2D eigenvalue weighted by atomic mass is 10.0. The maximum atomic E-state index is 12.1. The summed E-state index contributed by atoms with van der Waals surface area (Å²) < 4.78 is 0. The number of rotatable bonds is 6. The van der Waals surface area contributed by atoms with E-state index < -0.39 is 0 Å². The summed E-state index contributed by atoms with van der Waals surface area (Å²) in [6, 6.07) is 5.49. The molecule has 0 aliphatic heterocycles. The zero-order valence-electron chi connectivity index (χ0n) is 12.2. The van der Waals surface area contributed by atoms with Gasteiger partial charge in [0.15, 0.2) is 0 Å². The summed E-state index contributed by atoms with van der Waals surface area (Å²) in [5.41, 5.74) is 12.7. The summed E-state index contributed by atoms with van der Waals surface area (Å²) in [7, 11) is 0. The van der Waals surface area contributed by atoms with E-state index in [9.17, 15) is 9.59 Å². The Morgan fingerprint density at radius 2 is 2.05 bits per heavy atom. The van der Waals surface area contributed by atoms with E-state index in [1.54, 1.807) is 6.07 Å². The molecule has 21 heavy (non-hydrogen) atoms. The van der Waals surface area contributed by atoms with Crippen LogP contribution in [-0.2, 0) is 4.79 Å². The zero-order chi connectivity index (χ0) is 15.7. The summed E-state index contributed by atoms with van der Waals surface area (Å²) >= 11 is 0. The molecule has 1 aromatic rings. The highest BCUT2D eigenvalue weighted by Gasteiger charge is 2.09. The normalized spacial score (nSPS) is 9.62. The Morgan fingerprint density at radius 3 is 2.71 bits per heavy atom. The Bertz CT molecular complexity index is 571. The molecule has 1 rings (SSSR count). The second kappa shape index (κ2) is 8.77. The van der Waals surface area contributed by atoms with Crippen molar-refractivity contribution in [2.24, 2.45) is 11.5 Å². The van der Waals surface area contributed by atoms with Gasteiger partial charge in [-0.25, -0.2) is 0 Å². The molecule has 2 amide bonds. The predicted octanol–water partition coefficient (Wildman–Crippen LogP) is 0.691. The van der Waals surface area contributed by atoms with E-state index in [0.29, 0.717) is 36.9 Å². The molecule has 5 nitrogen and oxygen atoms in total. The topological polar surface area (TPSA) is 98.2 Å². The summed E-state index contributed by atoms with van der Waals surface area (Å²) in [6.45, 7) is 2.70. The number of amides is 2. The van der Waals surface area contributed by atoms with Crippen LogP contribution in [0.15, 0.2) is 18.2 Å². The summed E-state index contributed by atoms with van der Waals surface area (Å²) in [5, 5.41) is 2.82. The van der Waals surface area contributed by atoms with E-state index in [4.69, 9.17) is 11.5 Å². The number of aryl methyl sites for hydroxylation is 1. The van der Waals surface area contributed by atoms with E-state index in [0.717, 1.165) is 5.56 Å². The lowest BCUT2D eigenvalue weighted by Crippen LogP contribution is -2.25. The van der Waals surface area contributed by atoms with E-state index in [-0.39, 0.29) is 18.4 Å². The molecule has 1 aromatic carbocycles. The second-order valence-electron chi connectivity index (χ2n) is 4.73. The molecule has 0 spiro atoms. The highest BCUT2D eigenvalue weighted by Crippen LogP contribution is 2.11. The molecule has 5 heteroatoms. The van der Waals surface area contributed by atoms with Gasteiger partial charge in [0.1, 0.15) is 0 Å². The number of unbranched alkanes of at least 4 members (excludes halogenated alkanes) is 1. The first kappa shape index (κ1) is 16.7. The van der Waals surface area contributed by atoms with Gasteiger partial charge in [0, 0.05) is 18.5 Å². The molecule has 0 fully saturated rings. The first-order valence-corrected chi connectivity index (χ1v) is 6.90. The van der Waals surface area contributed by atoms with Crippen LogP contribution < -0.4 is 16.8 Å². The zero-order valence-corrected chi connectivity index (χ0v) is 12.2. The maximum Gasteiger partial charge on any atom is 0.252 e. The van der Waals surface area contributed by atoms with Gasteiger partial charge in [-0.3, -0.25) is 9.59 Å². The number of nitrogens with two attached hydrogens (primary N) is 2. The van der Waals surface area contributed by atoms with Gasteiger partial charge in [-0.05, 0) is 37.5 Å². The van der Waals surface area contributed by atoms with Crippen molar-refractivity contribution in [1.29, 1.82) is 0 Å². The van der Waals surface area contributed by atoms with Crippen LogP contribution in [0, 0.1) is 18.8 Å². The van der Waals surface area contributed by atoms with Crippen molar-refractivity contribution in [3.8, 4) is 11.8 Å². The van der Waals surface area contributed by atoms with Crippen LogP contribution in [0.3, 0.4) is 0 Å². The Balaban J connectivity index is 2.63. The summed E-state index contributed by atoms with van der Waals surface area (Å²) in [5.74, 6) is 5.19. The number of hydrogen-bond acceptors (Lipinski definition) is 3. The van der Waals surface area contributed by atoms with Gasteiger partial charge in [-0.2, -0.15) is 0 Å². The average molecular weight is 287 g/mol. The van der Waals surface area contributed by atoms with Crippen LogP contribution in [0.5, 0.6) is 0 Å². The molecule has 0 atom stereocenters. The van der Waals surface area contributed by atoms with E-state index in [1.165, 1.54) is 0 Å². The maximum absolute atomic E-state index is 12.1. The number of hydrogen-bond donors (Lipinski definition) is 3. The Hall–Kier alpha value is -2.32. The van der Waals surface area contributed by atoms with Gasteiger partial charge >= 0.3 is 0 Å². The molecule has 0 bridgehead atoms. The SMILES string of the molecule is Cc1ccc(C(=O)NCCCCC(N)=O)c(C#CCN)c1. The van der Waals surface area contributed by atoms with E-state index in [1.807, 2.05) is 19.1 Å². The molecule has 0 saturated carbocycles. The van der Waals surface area contributed by atoms with Crippen molar-refractivity contribution in [1.82, 2.24) is 5.32 Å². The highest BCUT2D eigenvalue weighted by atomic mass is 16.2. The van der Waals surface area contributed by atoms with Crippen LogP contribution in [0.1, 0.15) is 40.7 Å². The molecule has 5 N–H and O–H groups in total. The van der Waals surface area contributed by atoms with Gasteiger partial charge in [-0.15, -0.1) is 0 Å². The van der Waals surface area contributed by atoms with E-state index >= 15 is 0 Å². The van der Waals surface area contributed by atoms with Gasteiger partial charge in [0.25, 0.3) is 5.91 Å². The fourth-order valence-corrected chi connectivity index (χ4v) is 1.83. The van der Waals surface area contributed by atoms with E-state index in [2.05, 4.69) is 17.2 Å². The third-order valence-corrected chi connectivity index (χ3v) is 2.88. The van der Waals surface area contributed by atoms with Crippen molar-refractivity contribution in [2.75, 3.05) is 13.1 Å². The standard InChI is InChI=1S/C16H21N3O2/c1-12-7-8-14(13(11-12)5-4-9-17)16(21)19-10-3-2-6-15(18)20/h7-8,11H,2-3,6,9-10,17H2,1H3,(H2,18,20)(H,19,21). The molecule has 0 radical (unpaired) electrons. The fraction of sp³-hybridized carbons (Fsp3) is 0.375. The molecular weight excluding hydrogens is 266 g/mol. The molecule has 0 aromatic heterocycles. The number of primary amides is 1. The molecule has 0 saturated heterocycles. The Morgan fingerprint density at radius 1 is 1.29 bits per heavy atom. The molecule has 0 heterocycles. The summed E-state index contributed by atoms with van der Waals surface area (Å²) in [4.78, 5) is 22.7. The number of carbonyl (C=O) groups is 2. The second-order valence-corrected chi connectivity index (χ2v) is 4.73. The third kappa shape index (κ3) is 6.11. The number of benzene rings is 1. The number of nitrogens with one attached hydrogen (secondary N) is 1. The number of carbonyl (C=O) groups excluding carboxylic acids is 2. The molecule has 0 unspecified atom stereocenters. The Labute approximate surface area is 125 Å². The summed E-state index contributed by atoms with van der Waals surface area (Å²) in [6.07, 6.45) is 1.72. The first-order chi connectivity index (χ1) is 10.0. The van der Waals surface area contributed by atoms with Gasteiger partial charge in [0.2, 0.25) is 5.91 Å². The predicted molar refractivity (Wildman–Crippen MR) is 82.5 cm³/mol. The highest BCUT2D eigenvalue weighted by molar-refractivity contribution is 5.96. The minimum atomic E-state index is -0.320. The van der Waals surface area contributed by atoms with Crippen molar-refractivity contribution in [3.63, 3.8) is 0 Å². The van der Waals surface area contributed by atoms with Crippen molar-refractivity contribution in [3.05, 3.63) is 34.9 Å². The molecular formula is C16H21N3O2. The fourth-order valence-electron chi connectivity index (χ4n) is 1.83.